The first-order valence-electron chi connectivity index (χ1n) is 6.21. The molecule has 0 spiro atoms. The van der Waals surface area contributed by atoms with Gasteiger partial charge in [-0.2, -0.15) is 0 Å². The Labute approximate surface area is 121 Å². The monoisotopic (exact) mass is 280 g/mol. The van der Waals surface area contributed by atoms with Crippen molar-refractivity contribution in [3.8, 4) is 0 Å². The molecule has 0 saturated carbocycles. The van der Waals surface area contributed by atoms with E-state index in [4.69, 9.17) is 0 Å². The summed E-state index contributed by atoms with van der Waals surface area (Å²) < 4.78 is 0. The standard InChI is InChI=1S/C16H12N2OS/c1-11-6-7-15(12(8-11)9-19)20-16-13-4-2-3-5-14(13)17-10-18-16/h2-10H,1H3. The Kier molecular flexibility index (Phi) is 3.48. The highest BCUT2D eigenvalue weighted by molar-refractivity contribution is 7.99. The van der Waals surface area contributed by atoms with Gasteiger partial charge in [0.1, 0.15) is 11.4 Å². The largest absolute Gasteiger partial charge is 0.298 e. The maximum absolute atomic E-state index is 11.2. The van der Waals surface area contributed by atoms with E-state index in [1.807, 2.05) is 49.4 Å². The summed E-state index contributed by atoms with van der Waals surface area (Å²) in [5.74, 6) is 0. The lowest BCUT2D eigenvalue weighted by Crippen LogP contribution is -1.90. The average molecular weight is 280 g/mol. The Balaban J connectivity index is 2.08. The second-order valence-corrected chi connectivity index (χ2v) is 5.49. The molecule has 0 aliphatic carbocycles. The van der Waals surface area contributed by atoms with Crippen molar-refractivity contribution in [2.75, 3.05) is 0 Å². The molecule has 20 heavy (non-hydrogen) atoms. The smallest absolute Gasteiger partial charge is 0.151 e. The highest BCUT2D eigenvalue weighted by atomic mass is 32.2. The quantitative estimate of drug-likeness (QED) is 0.539. The summed E-state index contributed by atoms with van der Waals surface area (Å²) in [5, 5.41) is 1.86. The molecule has 3 nitrogen and oxygen atoms in total. The zero-order valence-corrected chi connectivity index (χ0v) is 11.7. The van der Waals surface area contributed by atoms with Crippen LogP contribution in [0.15, 0.2) is 58.7 Å². The predicted octanol–water partition coefficient (Wildman–Crippen LogP) is 3.90. The van der Waals surface area contributed by atoms with Gasteiger partial charge in [0.15, 0.2) is 6.29 Å². The van der Waals surface area contributed by atoms with E-state index in [-0.39, 0.29) is 0 Å². The van der Waals surface area contributed by atoms with Crippen molar-refractivity contribution in [1.29, 1.82) is 0 Å². The number of hydrogen-bond donors (Lipinski definition) is 0. The molecule has 0 radical (unpaired) electrons. The molecule has 0 aliphatic rings. The molecule has 3 aromatic rings. The van der Waals surface area contributed by atoms with Gasteiger partial charge in [-0.1, -0.05) is 41.6 Å². The van der Waals surface area contributed by atoms with Gasteiger partial charge in [-0.3, -0.25) is 4.79 Å². The lowest BCUT2D eigenvalue weighted by molar-refractivity contribution is 0.112. The van der Waals surface area contributed by atoms with E-state index in [1.165, 1.54) is 11.8 Å². The Morgan fingerprint density at radius 2 is 1.95 bits per heavy atom. The average Bonchev–Trinajstić information content (AvgIpc) is 2.49. The predicted molar refractivity (Wildman–Crippen MR) is 80.2 cm³/mol. The molecule has 0 saturated heterocycles. The molecule has 0 bridgehead atoms. The first-order chi connectivity index (χ1) is 9.78. The van der Waals surface area contributed by atoms with Crippen molar-refractivity contribution in [2.24, 2.45) is 0 Å². The van der Waals surface area contributed by atoms with E-state index in [9.17, 15) is 4.79 Å². The molecule has 1 heterocycles. The zero-order chi connectivity index (χ0) is 13.9. The number of fused-ring (bicyclic) bond motifs is 1. The number of aromatic nitrogens is 2. The van der Waals surface area contributed by atoms with Gasteiger partial charge in [0.25, 0.3) is 0 Å². The molecular weight excluding hydrogens is 268 g/mol. The number of aryl methyl sites for hydroxylation is 1. The summed E-state index contributed by atoms with van der Waals surface area (Å²) in [7, 11) is 0. The van der Waals surface area contributed by atoms with Gasteiger partial charge in [0.05, 0.1) is 5.52 Å². The van der Waals surface area contributed by atoms with Crippen LogP contribution < -0.4 is 0 Å². The topological polar surface area (TPSA) is 42.9 Å². The minimum Gasteiger partial charge on any atom is -0.298 e. The lowest BCUT2D eigenvalue weighted by atomic mass is 10.2. The number of nitrogens with zero attached hydrogens (tertiary/aromatic N) is 2. The molecule has 0 fully saturated rings. The number of para-hydroxylation sites is 1. The van der Waals surface area contributed by atoms with Gasteiger partial charge in [-0.15, -0.1) is 0 Å². The Bertz CT molecular complexity index is 781. The molecular formula is C16H12N2OS. The van der Waals surface area contributed by atoms with Crippen LogP contribution in [0.25, 0.3) is 10.9 Å². The van der Waals surface area contributed by atoms with E-state index in [0.29, 0.717) is 5.56 Å². The maximum Gasteiger partial charge on any atom is 0.151 e. The number of carbonyl (C=O) groups excluding carboxylic acids is 1. The van der Waals surface area contributed by atoms with E-state index >= 15 is 0 Å². The molecule has 3 rings (SSSR count). The molecule has 98 valence electrons. The van der Waals surface area contributed by atoms with Crippen molar-refractivity contribution >= 4 is 29.0 Å². The molecule has 0 atom stereocenters. The lowest BCUT2D eigenvalue weighted by Gasteiger charge is -2.07. The van der Waals surface area contributed by atoms with Crippen LogP contribution in [0.3, 0.4) is 0 Å². The first-order valence-corrected chi connectivity index (χ1v) is 7.03. The van der Waals surface area contributed by atoms with Gasteiger partial charge in [-0.25, -0.2) is 9.97 Å². The molecule has 0 N–H and O–H groups in total. The van der Waals surface area contributed by atoms with Gasteiger partial charge in [-0.05, 0) is 25.1 Å². The minimum atomic E-state index is 0.692. The highest BCUT2D eigenvalue weighted by Crippen LogP contribution is 2.32. The van der Waals surface area contributed by atoms with Gasteiger partial charge < -0.3 is 0 Å². The van der Waals surface area contributed by atoms with E-state index in [0.717, 1.165) is 32.7 Å². The third-order valence-electron chi connectivity index (χ3n) is 3.01. The second-order valence-electron chi connectivity index (χ2n) is 4.46. The molecule has 2 aromatic carbocycles. The van der Waals surface area contributed by atoms with Crippen molar-refractivity contribution in [2.45, 2.75) is 16.8 Å². The van der Waals surface area contributed by atoms with E-state index < -0.39 is 0 Å². The van der Waals surface area contributed by atoms with Crippen molar-refractivity contribution < 1.29 is 4.79 Å². The SMILES string of the molecule is Cc1ccc(Sc2ncnc3ccccc23)c(C=O)c1. The van der Waals surface area contributed by atoms with Crippen molar-refractivity contribution in [1.82, 2.24) is 9.97 Å². The number of hydrogen-bond acceptors (Lipinski definition) is 4. The van der Waals surface area contributed by atoms with Crippen molar-refractivity contribution in [3.05, 3.63) is 59.9 Å². The summed E-state index contributed by atoms with van der Waals surface area (Å²) in [4.78, 5) is 20.7. The highest BCUT2D eigenvalue weighted by Gasteiger charge is 2.08. The molecule has 0 aliphatic heterocycles. The number of carbonyl (C=O) groups is 1. The van der Waals surface area contributed by atoms with Crippen LogP contribution in [0.5, 0.6) is 0 Å². The molecule has 4 heteroatoms. The summed E-state index contributed by atoms with van der Waals surface area (Å²) in [6, 6.07) is 13.7. The Morgan fingerprint density at radius 3 is 2.80 bits per heavy atom. The van der Waals surface area contributed by atoms with Crippen molar-refractivity contribution in [3.63, 3.8) is 0 Å². The van der Waals surface area contributed by atoms with Crippen LogP contribution in [0.4, 0.5) is 0 Å². The summed E-state index contributed by atoms with van der Waals surface area (Å²) in [6.45, 7) is 1.97. The van der Waals surface area contributed by atoms with Crippen LogP contribution in [0.2, 0.25) is 0 Å². The number of rotatable bonds is 3. The van der Waals surface area contributed by atoms with Crippen LogP contribution in [-0.4, -0.2) is 16.3 Å². The van der Waals surface area contributed by atoms with Gasteiger partial charge in [0.2, 0.25) is 0 Å². The number of benzene rings is 2. The second kappa shape index (κ2) is 5.43. The zero-order valence-electron chi connectivity index (χ0n) is 10.9. The minimum absolute atomic E-state index is 0.692. The summed E-state index contributed by atoms with van der Waals surface area (Å²) >= 11 is 1.49. The van der Waals surface area contributed by atoms with E-state index in [2.05, 4.69) is 9.97 Å². The summed E-state index contributed by atoms with van der Waals surface area (Å²) in [5.41, 5.74) is 2.67. The van der Waals surface area contributed by atoms with Crippen LogP contribution in [-0.2, 0) is 0 Å². The third kappa shape index (κ3) is 2.42. The maximum atomic E-state index is 11.2. The molecule has 1 aromatic heterocycles. The first kappa shape index (κ1) is 12.8. The number of aldehydes is 1. The fraction of sp³-hybridized carbons (Fsp3) is 0.0625. The van der Waals surface area contributed by atoms with Gasteiger partial charge >= 0.3 is 0 Å². The van der Waals surface area contributed by atoms with Crippen LogP contribution in [0, 0.1) is 6.92 Å². The van der Waals surface area contributed by atoms with Gasteiger partial charge in [0, 0.05) is 15.8 Å². The van der Waals surface area contributed by atoms with Crippen LogP contribution >= 0.6 is 11.8 Å². The Morgan fingerprint density at radius 1 is 1.10 bits per heavy atom. The molecule has 0 unspecified atom stereocenters. The fourth-order valence-electron chi connectivity index (χ4n) is 2.02. The molecule has 0 amide bonds. The summed E-state index contributed by atoms with van der Waals surface area (Å²) in [6.07, 6.45) is 2.44. The van der Waals surface area contributed by atoms with E-state index in [1.54, 1.807) is 6.33 Å². The Hall–Kier alpha value is -2.20. The third-order valence-corrected chi connectivity index (χ3v) is 4.12. The fourth-order valence-corrected chi connectivity index (χ4v) is 2.97. The normalized spacial score (nSPS) is 10.7. The van der Waals surface area contributed by atoms with Crippen LogP contribution in [0.1, 0.15) is 15.9 Å².